The third kappa shape index (κ3) is 6.92. The van der Waals surface area contributed by atoms with Crippen molar-refractivity contribution in [1.29, 1.82) is 5.26 Å². The first-order valence-corrected chi connectivity index (χ1v) is 10.7. The molecule has 0 aliphatic carbocycles. The second-order valence-electron chi connectivity index (χ2n) is 7.15. The zero-order valence-electron chi connectivity index (χ0n) is 18.1. The fourth-order valence-electron chi connectivity index (χ4n) is 2.99. The second kappa shape index (κ2) is 11.2. The maximum atomic E-state index is 12.9. The summed E-state index contributed by atoms with van der Waals surface area (Å²) >= 11 is 12.2. The molecule has 1 amide bonds. The van der Waals surface area contributed by atoms with Gasteiger partial charge in [-0.05, 0) is 59.7 Å². The smallest absolute Gasteiger partial charge is 0.416 e. The number of nitrogens with zero attached hydrogens (tertiary/aromatic N) is 1. The Morgan fingerprint density at radius 3 is 2.46 bits per heavy atom. The van der Waals surface area contributed by atoms with E-state index in [0.29, 0.717) is 10.6 Å². The van der Waals surface area contributed by atoms with Crippen molar-refractivity contribution >= 4 is 40.9 Å². The van der Waals surface area contributed by atoms with Gasteiger partial charge in [0.2, 0.25) is 0 Å². The van der Waals surface area contributed by atoms with E-state index < -0.39 is 17.6 Å². The van der Waals surface area contributed by atoms with E-state index in [1.54, 1.807) is 30.3 Å². The molecule has 0 aliphatic heterocycles. The van der Waals surface area contributed by atoms with Crippen molar-refractivity contribution < 1.29 is 27.4 Å². The lowest BCUT2D eigenvalue weighted by Crippen LogP contribution is -2.14. The highest BCUT2D eigenvalue weighted by molar-refractivity contribution is 6.32. The normalized spacial score (nSPS) is 11.5. The third-order valence-corrected chi connectivity index (χ3v) is 5.20. The average Bonchev–Trinajstić information content (AvgIpc) is 2.82. The average molecular weight is 521 g/mol. The Morgan fingerprint density at radius 2 is 1.83 bits per heavy atom. The van der Waals surface area contributed by atoms with Crippen molar-refractivity contribution in [3.8, 4) is 17.6 Å². The number of halogens is 5. The minimum atomic E-state index is -4.57. The van der Waals surface area contributed by atoms with Crippen LogP contribution in [0.5, 0.6) is 11.5 Å². The number of methoxy groups -OCH3 is 1. The van der Waals surface area contributed by atoms with E-state index in [1.165, 1.54) is 31.4 Å². The van der Waals surface area contributed by atoms with Crippen molar-refractivity contribution in [3.05, 3.63) is 93.0 Å². The Kier molecular flexibility index (Phi) is 8.28. The molecule has 180 valence electrons. The molecule has 0 aromatic heterocycles. The molecule has 35 heavy (non-hydrogen) atoms. The quantitative estimate of drug-likeness (QED) is 0.265. The summed E-state index contributed by atoms with van der Waals surface area (Å²) in [6, 6.07) is 15.8. The van der Waals surface area contributed by atoms with Crippen LogP contribution in [0.2, 0.25) is 10.0 Å². The summed E-state index contributed by atoms with van der Waals surface area (Å²) in [5, 5.41) is 12.5. The Bertz CT molecular complexity index is 1300. The summed E-state index contributed by atoms with van der Waals surface area (Å²) in [6.45, 7) is 0.186. The van der Waals surface area contributed by atoms with Gasteiger partial charge in [-0.1, -0.05) is 41.4 Å². The summed E-state index contributed by atoms with van der Waals surface area (Å²) in [4.78, 5) is 12.5. The summed E-state index contributed by atoms with van der Waals surface area (Å²) in [5.74, 6) is -0.369. The maximum Gasteiger partial charge on any atom is 0.416 e. The van der Waals surface area contributed by atoms with Crippen LogP contribution in [-0.4, -0.2) is 13.0 Å². The Hall–Kier alpha value is -3.67. The van der Waals surface area contributed by atoms with E-state index in [9.17, 15) is 23.2 Å². The monoisotopic (exact) mass is 520 g/mol. The maximum absolute atomic E-state index is 12.9. The lowest BCUT2D eigenvalue weighted by Gasteiger charge is -2.14. The van der Waals surface area contributed by atoms with E-state index >= 15 is 0 Å². The Morgan fingerprint density at radius 1 is 1.11 bits per heavy atom. The van der Waals surface area contributed by atoms with Gasteiger partial charge in [0.1, 0.15) is 18.2 Å². The van der Waals surface area contributed by atoms with E-state index in [0.717, 1.165) is 23.8 Å². The first kappa shape index (κ1) is 25.9. The number of hydrogen-bond donors (Lipinski definition) is 1. The van der Waals surface area contributed by atoms with E-state index in [4.69, 9.17) is 32.7 Å². The Labute approximate surface area is 209 Å². The zero-order chi connectivity index (χ0) is 25.6. The van der Waals surface area contributed by atoms with Gasteiger partial charge in [-0.3, -0.25) is 4.79 Å². The molecule has 5 nitrogen and oxygen atoms in total. The van der Waals surface area contributed by atoms with Crippen LogP contribution < -0.4 is 14.8 Å². The molecule has 0 fully saturated rings. The van der Waals surface area contributed by atoms with Gasteiger partial charge < -0.3 is 14.8 Å². The molecule has 0 saturated carbocycles. The number of alkyl halides is 3. The van der Waals surface area contributed by atoms with Crippen molar-refractivity contribution in [2.45, 2.75) is 12.8 Å². The van der Waals surface area contributed by atoms with E-state index in [1.807, 2.05) is 0 Å². The summed E-state index contributed by atoms with van der Waals surface area (Å²) in [7, 11) is 1.40. The molecule has 0 spiro atoms. The van der Waals surface area contributed by atoms with Gasteiger partial charge in [0.05, 0.1) is 17.7 Å². The van der Waals surface area contributed by atoms with Gasteiger partial charge in [0, 0.05) is 10.7 Å². The van der Waals surface area contributed by atoms with E-state index in [2.05, 4.69) is 5.32 Å². The number of benzene rings is 3. The topological polar surface area (TPSA) is 71.3 Å². The van der Waals surface area contributed by atoms with Crippen LogP contribution in [0, 0.1) is 11.3 Å². The molecule has 3 aromatic rings. The fraction of sp³-hybridized carbons (Fsp3) is 0.120. The minimum absolute atomic E-state index is 0.104. The molecule has 0 aliphatic rings. The van der Waals surface area contributed by atoms with Gasteiger partial charge in [-0.15, -0.1) is 0 Å². The summed E-state index contributed by atoms with van der Waals surface area (Å²) in [5.41, 5.74) is -0.192. The fourth-order valence-corrected chi connectivity index (χ4v) is 3.39. The van der Waals surface area contributed by atoms with Crippen LogP contribution in [0.1, 0.15) is 16.7 Å². The molecule has 0 unspecified atom stereocenters. The van der Waals surface area contributed by atoms with Gasteiger partial charge in [0.15, 0.2) is 11.5 Å². The van der Waals surface area contributed by atoms with E-state index in [-0.39, 0.29) is 34.4 Å². The predicted molar refractivity (Wildman–Crippen MR) is 127 cm³/mol. The molecule has 1 N–H and O–H groups in total. The van der Waals surface area contributed by atoms with Crippen LogP contribution in [0.25, 0.3) is 6.08 Å². The van der Waals surface area contributed by atoms with Crippen LogP contribution in [0.15, 0.2) is 66.2 Å². The minimum Gasteiger partial charge on any atom is -0.493 e. The summed E-state index contributed by atoms with van der Waals surface area (Å²) < 4.78 is 49.9. The number of nitriles is 1. The number of ether oxygens (including phenoxy) is 2. The van der Waals surface area contributed by atoms with Crippen molar-refractivity contribution in [2.75, 3.05) is 12.4 Å². The molecule has 0 bridgehead atoms. The van der Waals surface area contributed by atoms with Crippen molar-refractivity contribution in [1.82, 2.24) is 0 Å². The lowest BCUT2D eigenvalue weighted by molar-refractivity contribution is -0.137. The first-order valence-electron chi connectivity index (χ1n) is 9.96. The van der Waals surface area contributed by atoms with Gasteiger partial charge >= 0.3 is 6.18 Å². The van der Waals surface area contributed by atoms with Gasteiger partial charge in [-0.25, -0.2) is 0 Å². The largest absolute Gasteiger partial charge is 0.493 e. The predicted octanol–water partition coefficient (Wildman–Crippen LogP) is 7.15. The number of nitrogens with one attached hydrogen (secondary N) is 1. The first-order chi connectivity index (χ1) is 16.6. The molecule has 0 saturated heterocycles. The van der Waals surface area contributed by atoms with Crippen LogP contribution in [-0.2, 0) is 17.6 Å². The van der Waals surface area contributed by atoms with Crippen LogP contribution in [0.4, 0.5) is 18.9 Å². The Balaban J connectivity index is 1.81. The highest BCUT2D eigenvalue weighted by Crippen LogP contribution is 2.37. The molecule has 3 aromatic carbocycles. The molecular formula is C25H17Cl2F3N2O3. The van der Waals surface area contributed by atoms with Gasteiger partial charge in [0.25, 0.3) is 5.91 Å². The number of carbonyl (C=O) groups is 1. The number of amides is 1. The molecule has 0 heterocycles. The molecular weight excluding hydrogens is 504 g/mol. The summed E-state index contributed by atoms with van der Waals surface area (Å²) in [6.07, 6.45) is -3.33. The van der Waals surface area contributed by atoms with Gasteiger partial charge in [-0.2, -0.15) is 18.4 Å². The number of hydrogen-bond acceptors (Lipinski definition) is 4. The SMILES string of the molecule is COc1cc(/C=C(\C#N)C(=O)Nc2cccc(C(F)(F)F)c2)cc(Cl)c1OCc1ccc(Cl)cc1. The third-order valence-electron chi connectivity index (χ3n) is 4.67. The molecule has 0 atom stereocenters. The number of carbonyl (C=O) groups excluding carboxylic acids is 1. The molecule has 3 rings (SSSR count). The molecule has 10 heteroatoms. The number of rotatable bonds is 7. The highest BCUT2D eigenvalue weighted by atomic mass is 35.5. The van der Waals surface area contributed by atoms with Crippen LogP contribution >= 0.6 is 23.2 Å². The second-order valence-corrected chi connectivity index (χ2v) is 8.00. The zero-order valence-corrected chi connectivity index (χ0v) is 19.6. The number of anilines is 1. The van der Waals surface area contributed by atoms with Crippen molar-refractivity contribution in [3.63, 3.8) is 0 Å². The van der Waals surface area contributed by atoms with Crippen LogP contribution in [0.3, 0.4) is 0 Å². The standard InChI is InChI=1S/C25H17Cl2F3N2O3/c1-34-22-11-16(10-21(27)23(22)35-14-15-5-7-19(26)8-6-15)9-17(13-31)24(33)32-20-4-2-3-18(12-20)25(28,29)30/h2-12H,14H2,1H3,(H,32,33)/b17-9+. The molecule has 0 radical (unpaired) electrons. The lowest BCUT2D eigenvalue weighted by atomic mass is 10.1. The van der Waals surface area contributed by atoms with Crippen molar-refractivity contribution in [2.24, 2.45) is 0 Å². The highest BCUT2D eigenvalue weighted by Gasteiger charge is 2.30.